The number of carbonyl (C=O) groups is 1. The van der Waals surface area contributed by atoms with Crippen molar-refractivity contribution in [1.82, 2.24) is 9.88 Å². The molecule has 20 heavy (non-hydrogen) atoms. The molecular formula is C14H22N4O2. The van der Waals surface area contributed by atoms with Crippen LogP contribution in [0.2, 0.25) is 0 Å². The number of hydrogen-bond acceptors (Lipinski definition) is 5. The van der Waals surface area contributed by atoms with Crippen LogP contribution in [0.4, 0.5) is 11.5 Å². The summed E-state index contributed by atoms with van der Waals surface area (Å²) >= 11 is 0. The second kappa shape index (κ2) is 6.45. The number of likely N-dealkylation sites (tertiary alicyclic amines) is 1. The molecule has 3 N–H and O–H groups in total. The molecule has 1 aromatic rings. The molecule has 1 aliphatic rings. The molecule has 2 heterocycles. The average Bonchev–Trinajstić information content (AvgIpc) is 2.49. The number of amides is 1. The quantitative estimate of drug-likeness (QED) is 0.872. The fraction of sp³-hybridized carbons (Fsp3) is 0.571. The first-order valence-corrected chi connectivity index (χ1v) is 6.97. The Hall–Kier alpha value is -1.98. The first-order chi connectivity index (χ1) is 9.61. The maximum Gasteiger partial charge on any atom is 0.244 e. The van der Waals surface area contributed by atoms with Gasteiger partial charge in [0.25, 0.3) is 0 Å². The first kappa shape index (κ1) is 14.4. The van der Waals surface area contributed by atoms with Gasteiger partial charge in [-0.3, -0.25) is 4.79 Å². The molecule has 1 fully saturated rings. The number of aromatic nitrogens is 1. The Morgan fingerprint density at radius 3 is 2.75 bits per heavy atom. The van der Waals surface area contributed by atoms with Crippen molar-refractivity contribution in [2.45, 2.75) is 32.2 Å². The van der Waals surface area contributed by atoms with Crippen LogP contribution in [-0.4, -0.2) is 42.0 Å². The van der Waals surface area contributed by atoms with E-state index in [1.165, 1.54) is 13.5 Å². The van der Waals surface area contributed by atoms with E-state index in [1.54, 1.807) is 12.1 Å². The number of nitrogen functional groups attached to an aromatic ring is 1. The van der Waals surface area contributed by atoms with E-state index in [0.29, 0.717) is 17.4 Å². The molecule has 0 radical (unpaired) electrons. The molecule has 0 aliphatic carbocycles. The Morgan fingerprint density at radius 1 is 1.40 bits per heavy atom. The summed E-state index contributed by atoms with van der Waals surface area (Å²) in [6, 6.07) is 3.15. The molecule has 1 atom stereocenters. The van der Waals surface area contributed by atoms with Crippen LogP contribution in [-0.2, 0) is 4.79 Å². The van der Waals surface area contributed by atoms with Gasteiger partial charge < -0.3 is 20.7 Å². The normalized spacial score (nSPS) is 16.6. The third-order valence-corrected chi connectivity index (χ3v) is 3.49. The highest BCUT2D eigenvalue weighted by Crippen LogP contribution is 2.21. The summed E-state index contributed by atoms with van der Waals surface area (Å²) in [7, 11) is 1.52. The molecule has 110 valence electrons. The van der Waals surface area contributed by atoms with E-state index in [1.807, 2.05) is 11.8 Å². The van der Waals surface area contributed by atoms with Crippen LogP contribution in [0.15, 0.2) is 12.1 Å². The van der Waals surface area contributed by atoms with E-state index < -0.39 is 0 Å². The summed E-state index contributed by atoms with van der Waals surface area (Å²) in [4.78, 5) is 18.4. The molecule has 0 bridgehead atoms. The zero-order chi connectivity index (χ0) is 14.5. The second-order valence-electron chi connectivity index (χ2n) is 5.05. The predicted molar refractivity (Wildman–Crippen MR) is 78.7 cm³/mol. The number of hydrogen-bond donors (Lipinski definition) is 2. The van der Waals surface area contributed by atoms with Gasteiger partial charge in [-0.05, 0) is 38.3 Å². The van der Waals surface area contributed by atoms with Crippen molar-refractivity contribution in [3.63, 3.8) is 0 Å². The van der Waals surface area contributed by atoms with Crippen molar-refractivity contribution < 1.29 is 9.53 Å². The van der Waals surface area contributed by atoms with E-state index in [-0.39, 0.29) is 11.9 Å². The number of nitrogens with two attached hydrogens (primary N) is 1. The lowest BCUT2D eigenvalue weighted by Crippen LogP contribution is -2.44. The minimum Gasteiger partial charge on any atom is -0.479 e. The van der Waals surface area contributed by atoms with E-state index in [4.69, 9.17) is 10.5 Å². The van der Waals surface area contributed by atoms with E-state index in [9.17, 15) is 4.79 Å². The van der Waals surface area contributed by atoms with Crippen molar-refractivity contribution in [3.05, 3.63) is 12.1 Å². The number of methoxy groups -OCH3 is 1. The molecule has 6 heteroatoms. The Balaban J connectivity index is 1.99. The van der Waals surface area contributed by atoms with Gasteiger partial charge in [0.2, 0.25) is 11.8 Å². The number of anilines is 2. The first-order valence-electron chi connectivity index (χ1n) is 6.97. The lowest BCUT2D eigenvalue weighted by molar-refractivity contribution is -0.132. The van der Waals surface area contributed by atoms with Crippen LogP contribution in [0.1, 0.15) is 26.2 Å². The maximum absolute atomic E-state index is 12.3. The average molecular weight is 278 g/mol. The molecule has 1 aliphatic heterocycles. The Morgan fingerprint density at radius 2 is 2.10 bits per heavy atom. The standard InChI is InChI=1S/C14H22N4O2/c1-10(14(19)18-8-4-3-5-9-18)16-12-7-6-11(15)13(17-12)20-2/h6-7,10H,3-5,8-9,15H2,1-2H3,(H,16,17). The topological polar surface area (TPSA) is 80.5 Å². The lowest BCUT2D eigenvalue weighted by Gasteiger charge is -2.29. The van der Waals surface area contributed by atoms with Gasteiger partial charge in [-0.25, -0.2) is 0 Å². The summed E-state index contributed by atoms with van der Waals surface area (Å²) in [5.74, 6) is 1.07. The Kier molecular flexibility index (Phi) is 4.65. The third kappa shape index (κ3) is 3.31. The van der Waals surface area contributed by atoms with Crippen LogP contribution in [0, 0.1) is 0 Å². The zero-order valence-electron chi connectivity index (χ0n) is 12.1. The van der Waals surface area contributed by atoms with E-state index >= 15 is 0 Å². The Labute approximate surface area is 119 Å². The molecule has 0 aromatic carbocycles. The summed E-state index contributed by atoms with van der Waals surface area (Å²) in [5, 5.41) is 3.10. The van der Waals surface area contributed by atoms with Gasteiger partial charge in [-0.15, -0.1) is 0 Å². The zero-order valence-corrected chi connectivity index (χ0v) is 12.1. The highest BCUT2D eigenvalue weighted by molar-refractivity contribution is 5.84. The minimum atomic E-state index is -0.311. The van der Waals surface area contributed by atoms with Crippen molar-refractivity contribution in [2.24, 2.45) is 0 Å². The highest BCUT2D eigenvalue weighted by Gasteiger charge is 2.22. The predicted octanol–water partition coefficient (Wildman–Crippen LogP) is 1.49. The smallest absolute Gasteiger partial charge is 0.244 e. The van der Waals surface area contributed by atoms with Gasteiger partial charge in [0, 0.05) is 13.1 Å². The highest BCUT2D eigenvalue weighted by atomic mass is 16.5. The molecule has 0 spiro atoms. The van der Waals surface area contributed by atoms with Crippen molar-refractivity contribution in [1.29, 1.82) is 0 Å². The van der Waals surface area contributed by atoms with Crippen LogP contribution in [0.3, 0.4) is 0 Å². The fourth-order valence-electron chi connectivity index (χ4n) is 2.37. The summed E-state index contributed by atoms with van der Waals surface area (Å²) in [6.45, 7) is 3.55. The summed E-state index contributed by atoms with van der Waals surface area (Å²) in [5.41, 5.74) is 6.20. The number of nitrogens with one attached hydrogen (secondary N) is 1. The number of carbonyl (C=O) groups excluding carboxylic acids is 1. The van der Waals surface area contributed by atoms with Crippen LogP contribution >= 0.6 is 0 Å². The van der Waals surface area contributed by atoms with Crippen molar-refractivity contribution >= 4 is 17.4 Å². The van der Waals surface area contributed by atoms with Crippen LogP contribution in [0.25, 0.3) is 0 Å². The summed E-state index contributed by atoms with van der Waals surface area (Å²) in [6.07, 6.45) is 3.39. The van der Waals surface area contributed by atoms with Crippen LogP contribution < -0.4 is 15.8 Å². The van der Waals surface area contributed by atoms with E-state index in [2.05, 4.69) is 10.3 Å². The molecule has 1 saturated heterocycles. The lowest BCUT2D eigenvalue weighted by atomic mass is 10.1. The molecule has 1 amide bonds. The fourth-order valence-corrected chi connectivity index (χ4v) is 2.37. The number of nitrogens with zero attached hydrogens (tertiary/aromatic N) is 2. The molecule has 0 saturated carbocycles. The van der Waals surface area contributed by atoms with Crippen LogP contribution in [0.5, 0.6) is 5.88 Å². The number of rotatable bonds is 4. The SMILES string of the molecule is COc1nc(NC(C)C(=O)N2CCCCC2)ccc1N. The van der Waals surface area contributed by atoms with Gasteiger partial charge in [-0.1, -0.05) is 0 Å². The number of pyridine rings is 1. The van der Waals surface area contributed by atoms with Gasteiger partial charge in [0.05, 0.1) is 12.8 Å². The van der Waals surface area contributed by atoms with Gasteiger partial charge in [0.1, 0.15) is 11.9 Å². The number of piperidine rings is 1. The molecule has 1 aromatic heterocycles. The van der Waals surface area contributed by atoms with Gasteiger partial charge in [0.15, 0.2) is 0 Å². The van der Waals surface area contributed by atoms with Crippen molar-refractivity contribution in [2.75, 3.05) is 31.2 Å². The largest absolute Gasteiger partial charge is 0.479 e. The maximum atomic E-state index is 12.3. The molecule has 2 rings (SSSR count). The summed E-state index contributed by atoms with van der Waals surface area (Å²) < 4.78 is 5.07. The van der Waals surface area contributed by atoms with Gasteiger partial charge >= 0.3 is 0 Å². The minimum absolute atomic E-state index is 0.113. The monoisotopic (exact) mass is 278 g/mol. The third-order valence-electron chi connectivity index (χ3n) is 3.49. The van der Waals surface area contributed by atoms with Crippen molar-refractivity contribution in [3.8, 4) is 5.88 Å². The molecule has 1 unspecified atom stereocenters. The number of ether oxygens (including phenoxy) is 1. The Bertz CT molecular complexity index is 472. The van der Waals surface area contributed by atoms with Gasteiger partial charge in [-0.2, -0.15) is 4.98 Å². The molecule has 6 nitrogen and oxygen atoms in total. The molecular weight excluding hydrogens is 256 g/mol. The van der Waals surface area contributed by atoms with E-state index in [0.717, 1.165) is 25.9 Å². The second-order valence-corrected chi connectivity index (χ2v) is 5.05.